The Morgan fingerprint density at radius 2 is 1.61 bits per heavy atom. The van der Waals surface area contributed by atoms with E-state index in [0.29, 0.717) is 42.7 Å². The Hall–Kier alpha value is -3.60. The molecule has 0 amide bonds. The van der Waals surface area contributed by atoms with E-state index < -0.39 is 0 Å². The van der Waals surface area contributed by atoms with Crippen LogP contribution in [0.2, 0.25) is 0 Å². The van der Waals surface area contributed by atoms with Gasteiger partial charge in [-0.15, -0.1) is 0 Å². The molecule has 164 valence electrons. The molecular weight excluding hydrogens is 396 g/mol. The van der Waals surface area contributed by atoms with Gasteiger partial charge in [-0.25, -0.2) is 0 Å². The van der Waals surface area contributed by atoms with Crippen LogP contribution in [0.4, 0.5) is 0 Å². The Kier molecular flexibility index (Phi) is 7.44. The first-order valence-electron chi connectivity index (χ1n) is 10.0. The number of nitrogens with one attached hydrogen (secondary N) is 1. The van der Waals surface area contributed by atoms with Crippen molar-refractivity contribution >= 4 is 5.96 Å². The zero-order valence-corrected chi connectivity index (χ0v) is 18.4. The van der Waals surface area contributed by atoms with Gasteiger partial charge < -0.3 is 23.8 Å². The molecule has 1 heterocycles. The first kappa shape index (κ1) is 22.1. The Labute approximate surface area is 183 Å². The fraction of sp³-hybridized carbons (Fsp3) is 0.391. The van der Waals surface area contributed by atoms with E-state index in [2.05, 4.69) is 15.2 Å². The van der Waals surface area contributed by atoms with Gasteiger partial charge in [-0.2, -0.15) is 5.26 Å². The van der Waals surface area contributed by atoms with Crippen molar-refractivity contribution < 1.29 is 18.9 Å². The molecule has 0 radical (unpaired) electrons. The summed E-state index contributed by atoms with van der Waals surface area (Å²) in [6, 6.07) is 9.84. The van der Waals surface area contributed by atoms with Crippen LogP contribution < -0.4 is 24.3 Å². The van der Waals surface area contributed by atoms with E-state index >= 15 is 0 Å². The zero-order valence-electron chi connectivity index (χ0n) is 18.4. The van der Waals surface area contributed by atoms with E-state index in [1.54, 1.807) is 28.4 Å². The normalized spacial score (nSPS) is 13.1. The lowest BCUT2D eigenvalue weighted by molar-refractivity contribution is 0.346. The summed E-state index contributed by atoms with van der Waals surface area (Å²) < 4.78 is 21.5. The second-order valence-corrected chi connectivity index (χ2v) is 7.03. The highest BCUT2D eigenvalue weighted by molar-refractivity contribution is 5.81. The molecule has 1 aliphatic rings. The molecule has 0 spiro atoms. The molecular formula is C23H28N4O4. The van der Waals surface area contributed by atoms with Gasteiger partial charge in [0.1, 0.15) is 0 Å². The molecule has 1 N–H and O–H groups in total. The Morgan fingerprint density at radius 1 is 0.968 bits per heavy atom. The van der Waals surface area contributed by atoms with Crippen molar-refractivity contribution in [3.05, 3.63) is 47.0 Å². The van der Waals surface area contributed by atoms with Crippen LogP contribution in [0, 0.1) is 11.5 Å². The van der Waals surface area contributed by atoms with E-state index in [-0.39, 0.29) is 0 Å². The van der Waals surface area contributed by atoms with Gasteiger partial charge in [0.15, 0.2) is 29.2 Å². The Balaban J connectivity index is 1.72. The van der Waals surface area contributed by atoms with Crippen molar-refractivity contribution in [1.82, 2.24) is 10.2 Å². The number of nitrogens with zero attached hydrogens (tertiary/aromatic N) is 3. The lowest BCUT2D eigenvalue weighted by Gasteiger charge is -2.31. The number of aliphatic imine (C=N–C) groups is 1. The van der Waals surface area contributed by atoms with Crippen LogP contribution >= 0.6 is 0 Å². The Bertz CT molecular complexity index is 984. The number of methoxy groups -OCH3 is 4. The van der Waals surface area contributed by atoms with Gasteiger partial charge in [-0.3, -0.25) is 10.3 Å². The second kappa shape index (κ2) is 10.4. The fourth-order valence-electron chi connectivity index (χ4n) is 3.66. The lowest BCUT2D eigenvalue weighted by atomic mass is 9.99. The quantitative estimate of drug-likeness (QED) is 0.316. The third-order valence-corrected chi connectivity index (χ3v) is 5.30. The van der Waals surface area contributed by atoms with Crippen LogP contribution in [0.3, 0.4) is 0 Å². The number of hydrogen-bond acceptors (Lipinski definition) is 6. The van der Waals surface area contributed by atoms with Crippen molar-refractivity contribution in [2.75, 3.05) is 41.5 Å². The summed E-state index contributed by atoms with van der Waals surface area (Å²) in [5.74, 6) is 3.39. The average molecular weight is 425 g/mol. The van der Waals surface area contributed by atoms with Gasteiger partial charge >= 0.3 is 0 Å². The van der Waals surface area contributed by atoms with Crippen LogP contribution in [0.1, 0.15) is 16.7 Å². The van der Waals surface area contributed by atoms with Crippen molar-refractivity contribution in [2.45, 2.75) is 19.4 Å². The Morgan fingerprint density at radius 3 is 2.26 bits per heavy atom. The third kappa shape index (κ3) is 5.12. The molecule has 31 heavy (non-hydrogen) atoms. The van der Waals surface area contributed by atoms with Crippen molar-refractivity contribution in [3.8, 4) is 29.2 Å². The molecule has 3 rings (SSSR count). The van der Waals surface area contributed by atoms with Crippen LogP contribution in [-0.2, 0) is 19.4 Å². The summed E-state index contributed by atoms with van der Waals surface area (Å²) in [5.41, 5.74) is 3.44. The summed E-state index contributed by atoms with van der Waals surface area (Å²) >= 11 is 0. The molecule has 0 unspecified atom stereocenters. The van der Waals surface area contributed by atoms with Gasteiger partial charge in [-0.05, 0) is 53.8 Å². The summed E-state index contributed by atoms with van der Waals surface area (Å²) in [7, 11) is 6.50. The highest BCUT2D eigenvalue weighted by Gasteiger charge is 2.22. The highest BCUT2D eigenvalue weighted by atomic mass is 16.5. The van der Waals surface area contributed by atoms with Gasteiger partial charge in [0.25, 0.3) is 0 Å². The van der Waals surface area contributed by atoms with E-state index in [0.717, 1.165) is 29.8 Å². The molecule has 0 saturated carbocycles. The highest BCUT2D eigenvalue weighted by Crippen LogP contribution is 2.33. The zero-order chi connectivity index (χ0) is 22.2. The molecule has 0 atom stereocenters. The molecule has 0 aliphatic carbocycles. The number of fused-ring (bicyclic) bond motifs is 1. The summed E-state index contributed by atoms with van der Waals surface area (Å²) in [6.07, 6.45) is 3.55. The van der Waals surface area contributed by atoms with Crippen LogP contribution in [0.15, 0.2) is 35.3 Å². The summed E-state index contributed by atoms with van der Waals surface area (Å²) in [6.45, 7) is 1.93. The first-order chi connectivity index (χ1) is 15.1. The number of ether oxygens (including phenoxy) is 4. The minimum absolute atomic E-state index is 0.536. The number of guanidine groups is 1. The van der Waals surface area contributed by atoms with E-state index in [1.165, 1.54) is 5.56 Å². The monoisotopic (exact) mass is 424 g/mol. The molecule has 8 heteroatoms. The lowest BCUT2D eigenvalue weighted by Crippen LogP contribution is -2.42. The number of rotatable bonds is 7. The van der Waals surface area contributed by atoms with Crippen LogP contribution in [0.25, 0.3) is 0 Å². The summed E-state index contributed by atoms with van der Waals surface area (Å²) in [5, 5.41) is 12.0. The standard InChI is InChI=1S/C23H28N4O4/c1-28-19-6-5-16(11-20(19)29-2)7-9-25-23(26-15-24)27-10-8-17-12-21(30-3)22(31-4)13-18(17)14-27/h5-6,11-13H,7-10,14H2,1-4H3,(H,25,26). The largest absolute Gasteiger partial charge is 0.493 e. The van der Waals surface area contributed by atoms with Crippen molar-refractivity contribution in [3.63, 3.8) is 0 Å². The van der Waals surface area contributed by atoms with Gasteiger partial charge in [0.2, 0.25) is 5.96 Å². The molecule has 0 fully saturated rings. The predicted molar refractivity (Wildman–Crippen MR) is 118 cm³/mol. The summed E-state index contributed by atoms with van der Waals surface area (Å²) in [4.78, 5) is 6.74. The van der Waals surface area contributed by atoms with Crippen LogP contribution in [0.5, 0.6) is 23.0 Å². The second-order valence-electron chi connectivity index (χ2n) is 7.03. The maximum atomic E-state index is 9.22. The molecule has 1 aliphatic heterocycles. The van der Waals surface area contributed by atoms with Crippen molar-refractivity contribution in [1.29, 1.82) is 5.26 Å². The number of hydrogen-bond donors (Lipinski definition) is 1. The number of benzene rings is 2. The maximum Gasteiger partial charge on any atom is 0.207 e. The fourth-order valence-corrected chi connectivity index (χ4v) is 3.66. The maximum absolute atomic E-state index is 9.22. The topological polar surface area (TPSA) is 88.3 Å². The third-order valence-electron chi connectivity index (χ3n) is 5.30. The predicted octanol–water partition coefficient (Wildman–Crippen LogP) is 2.75. The molecule has 0 saturated heterocycles. The van der Waals surface area contributed by atoms with Crippen molar-refractivity contribution in [2.24, 2.45) is 4.99 Å². The number of nitriles is 1. The molecule has 2 aromatic rings. The minimum Gasteiger partial charge on any atom is -0.493 e. The van der Waals surface area contributed by atoms with Crippen LogP contribution in [-0.4, -0.2) is 52.4 Å². The molecule has 2 aromatic carbocycles. The smallest absolute Gasteiger partial charge is 0.207 e. The van der Waals surface area contributed by atoms with E-state index in [1.807, 2.05) is 36.5 Å². The molecule has 0 aromatic heterocycles. The molecule has 0 bridgehead atoms. The van der Waals surface area contributed by atoms with E-state index in [9.17, 15) is 5.26 Å². The van der Waals surface area contributed by atoms with Gasteiger partial charge in [-0.1, -0.05) is 6.07 Å². The van der Waals surface area contributed by atoms with E-state index in [4.69, 9.17) is 18.9 Å². The van der Waals surface area contributed by atoms with Gasteiger partial charge in [0.05, 0.1) is 28.4 Å². The SMILES string of the molecule is COc1ccc(CCN=C(NC#N)N2CCc3cc(OC)c(OC)cc3C2)cc1OC. The van der Waals surface area contributed by atoms with Gasteiger partial charge in [0, 0.05) is 19.6 Å². The average Bonchev–Trinajstić information content (AvgIpc) is 2.81. The molecule has 8 nitrogen and oxygen atoms in total. The minimum atomic E-state index is 0.536. The first-order valence-corrected chi connectivity index (χ1v) is 10.0.